The molecule has 3 aromatic rings. The average molecular weight is 558 g/mol. The monoisotopic (exact) mass is 557 g/mol. The van der Waals surface area contributed by atoms with Crippen molar-refractivity contribution in [3.63, 3.8) is 0 Å². The molecule has 2 aromatic carbocycles. The third kappa shape index (κ3) is 7.03. The summed E-state index contributed by atoms with van der Waals surface area (Å²) in [5, 5.41) is 19.5. The largest absolute Gasteiger partial charge is 0.496 e. The first-order valence-corrected chi connectivity index (χ1v) is 15.6. The molecule has 220 valence electrons. The summed E-state index contributed by atoms with van der Waals surface area (Å²) in [5.74, 6) is 1.91. The van der Waals surface area contributed by atoms with Gasteiger partial charge in [0.05, 0.1) is 25.5 Å². The second kappa shape index (κ2) is 13.2. The third-order valence-corrected chi connectivity index (χ3v) is 9.21. The summed E-state index contributed by atoms with van der Waals surface area (Å²) >= 11 is 0. The topological polar surface area (TPSA) is 76.4 Å². The van der Waals surface area contributed by atoms with Gasteiger partial charge in [0.15, 0.2) is 0 Å². The molecule has 0 radical (unpaired) electrons. The van der Waals surface area contributed by atoms with E-state index in [-0.39, 0.29) is 29.7 Å². The normalized spacial score (nSPS) is 22.4. The van der Waals surface area contributed by atoms with Crippen molar-refractivity contribution in [3.8, 4) is 16.9 Å². The fraction of sp³-hybridized carbons (Fsp3) is 0.543. The van der Waals surface area contributed by atoms with Gasteiger partial charge in [0.1, 0.15) is 5.75 Å². The number of amides is 1. The van der Waals surface area contributed by atoms with E-state index in [1.807, 2.05) is 16.9 Å². The molecule has 1 heterocycles. The standard InChI is InChI=1S/C35H47N3O3/c1-23(2)21-38-22-30(20-36-38)26-11-8-12-28(18-26)34(37-35(40)25-9-6-5-7-10-25)29-13-15-31(32(39)19-29)27-14-16-33(41-4)24(3)17-27/h8,11-12,14,16-18,20,22-23,25,29,31-32,34,39H,5-7,9-10,13,15,19,21H2,1-4H3,(H,37,40). The maximum atomic E-state index is 13.6. The Bertz CT molecular complexity index is 1310. The van der Waals surface area contributed by atoms with Gasteiger partial charge in [0.2, 0.25) is 5.91 Å². The summed E-state index contributed by atoms with van der Waals surface area (Å²) in [6.45, 7) is 7.33. The lowest BCUT2D eigenvalue weighted by Crippen LogP contribution is -2.41. The molecule has 0 aliphatic heterocycles. The first-order chi connectivity index (χ1) is 19.8. The number of ether oxygens (including phenoxy) is 1. The zero-order valence-electron chi connectivity index (χ0n) is 25.2. The summed E-state index contributed by atoms with van der Waals surface area (Å²) in [4.78, 5) is 13.6. The van der Waals surface area contributed by atoms with E-state index >= 15 is 0 Å². The van der Waals surface area contributed by atoms with Gasteiger partial charge in [-0.3, -0.25) is 9.48 Å². The van der Waals surface area contributed by atoms with Gasteiger partial charge in [-0.15, -0.1) is 0 Å². The number of nitrogens with zero attached hydrogens (tertiary/aromatic N) is 2. The SMILES string of the molecule is COc1ccc(C2CCC(C(NC(=O)C3CCCCC3)c3cccc(-c4cnn(CC(C)C)c4)c3)CC2O)cc1C. The Morgan fingerprint density at radius 3 is 2.59 bits per heavy atom. The molecule has 0 bridgehead atoms. The van der Waals surface area contributed by atoms with Gasteiger partial charge in [-0.25, -0.2) is 0 Å². The number of rotatable bonds is 9. The van der Waals surface area contributed by atoms with Crippen LogP contribution < -0.4 is 10.1 Å². The van der Waals surface area contributed by atoms with E-state index in [1.165, 1.54) is 6.42 Å². The minimum Gasteiger partial charge on any atom is -0.496 e. The molecular weight excluding hydrogens is 510 g/mol. The Morgan fingerprint density at radius 2 is 1.88 bits per heavy atom. The van der Waals surface area contributed by atoms with E-state index in [1.54, 1.807) is 7.11 Å². The molecule has 41 heavy (non-hydrogen) atoms. The van der Waals surface area contributed by atoms with Crippen LogP contribution in [0.1, 0.15) is 93.9 Å². The molecule has 2 saturated carbocycles. The van der Waals surface area contributed by atoms with Crippen molar-refractivity contribution >= 4 is 5.91 Å². The van der Waals surface area contributed by atoms with Crippen molar-refractivity contribution in [1.29, 1.82) is 0 Å². The molecule has 6 heteroatoms. The van der Waals surface area contributed by atoms with Gasteiger partial charge in [0, 0.05) is 30.1 Å². The smallest absolute Gasteiger partial charge is 0.223 e. The molecule has 5 rings (SSSR count). The number of hydrogen-bond donors (Lipinski definition) is 2. The fourth-order valence-corrected chi connectivity index (χ4v) is 7.01. The number of aryl methyl sites for hydroxylation is 1. The minimum atomic E-state index is -0.465. The highest BCUT2D eigenvalue weighted by molar-refractivity contribution is 5.79. The quantitative estimate of drug-likeness (QED) is 0.292. The van der Waals surface area contributed by atoms with Gasteiger partial charge in [0.25, 0.3) is 0 Å². The number of nitrogens with one attached hydrogen (secondary N) is 1. The minimum absolute atomic E-state index is 0.0867. The maximum absolute atomic E-state index is 13.6. The molecule has 2 aliphatic carbocycles. The van der Waals surface area contributed by atoms with E-state index in [0.717, 1.165) is 78.6 Å². The van der Waals surface area contributed by atoms with E-state index in [4.69, 9.17) is 4.74 Å². The lowest BCUT2D eigenvalue weighted by Gasteiger charge is -2.38. The predicted octanol–water partition coefficient (Wildman–Crippen LogP) is 7.21. The van der Waals surface area contributed by atoms with Gasteiger partial charge < -0.3 is 15.2 Å². The Hall–Kier alpha value is -3.12. The number of hydrogen-bond acceptors (Lipinski definition) is 4. The maximum Gasteiger partial charge on any atom is 0.223 e. The molecule has 4 atom stereocenters. The van der Waals surface area contributed by atoms with Crippen molar-refractivity contribution in [3.05, 3.63) is 71.5 Å². The highest BCUT2D eigenvalue weighted by Gasteiger charge is 2.36. The number of benzene rings is 2. The van der Waals surface area contributed by atoms with Crippen LogP contribution in [-0.2, 0) is 11.3 Å². The van der Waals surface area contributed by atoms with Crippen LogP contribution in [0.4, 0.5) is 0 Å². The molecule has 0 spiro atoms. The van der Waals surface area contributed by atoms with E-state index in [2.05, 4.69) is 73.8 Å². The summed E-state index contributed by atoms with van der Waals surface area (Å²) in [6, 6.07) is 14.7. The Labute approximate surface area is 245 Å². The molecule has 2 N–H and O–H groups in total. The van der Waals surface area contributed by atoms with E-state index < -0.39 is 6.10 Å². The molecule has 0 saturated heterocycles. The molecule has 1 aromatic heterocycles. The summed E-state index contributed by atoms with van der Waals surface area (Å²) in [5.41, 5.74) is 5.56. The highest BCUT2D eigenvalue weighted by atomic mass is 16.5. The summed E-state index contributed by atoms with van der Waals surface area (Å²) in [7, 11) is 1.69. The third-order valence-electron chi connectivity index (χ3n) is 9.21. The molecular formula is C35H47N3O3. The van der Waals surface area contributed by atoms with Gasteiger partial charge >= 0.3 is 0 Å². The predicted molar refractivity (Wildman–Crippen MR) is 164 cm³/mol. The lowest BCUT2D eigenvalue weighted by molar-refractivity contribution is -0.127. The van der Waals surface area contributed by atoms with Crippen molar-refractivity contribution in [2.24, 2.45) is 17.8 Å². The summed E-state index contributed by atoms with van der Waals surface area (Å²) < 4.78 is 7.46. The average Bonchev–Trinajstić information content (AvgIpc) is 3.44. The second-order valence-electron chi connectivity index (χ2n) is 12.8. The van der Waals surface area contributed by atoms with E-state index in [9.17, 15) is 9.90 Å². The van der Waals surface area contributed by atoms with Crippen molar-refractivity contribution < 1.29 is 14.6 Å². The van der Waals surface area contributed by atoms with Gasteiger partial charge in [-0.05, 0) is 85.3 Å². The van der Waals surface area contributed by atoms with Gasteiger partial charge in [-0.2, -0.15) is 5.10 Å². The zero-order chi connectivity index (χ0) is 28.9. The van der Waals surface area contributed by atoms with Crippen LogP contribution in [0.5, 0.6) is 5.75 Å². The molecule has 1 amide bonds. The Kier molecular flexibility index (Phi) is 9.49. The van der Waals surface area contributed by atoms with Crippen LogP contribution in [0.25, 0.3) is 11.1 Å². The number of aromatic nitrogens is 2. The number of aliphatic hydroxyl groups is 1. The van der Waals surface area contributed by atoms with E-state index in [0.29, 0.717) is 12.3 Å². The van der Waals surface area contributed by atoms with Crippen LogP contribution >= 0.6 is 0 Å². The van der Waals surface area contributed by atoms with Crippen molar-refractivity contribution in [2.45, 2.75) is 96.7 Å². The van der Waals surface area contributed by atoms with Crippen LogP contribution in [0.15, 0.2) is 54.9 Å². The van der Waals surface area contributed by atoms with Crippen LogP contribution in [0.3, 0.4) is 0 Å². The number of carbonyl (C=O) groups excluding carboxylic acids is 1. The molecule has 2 fully saturated rings. The van der Waals surface area contributed by atoms with Crippen LogP contribution in [0, 0.1) is 24.7 Å². The molecule has 4 unspecified atom stereocenters. The zero-order valence-corrected chi connectivity index (χ0v) is 25.2. The Morgan fingerprint density at radius 1 is 1.07 bits per heavy atom. The van der Waals surface area contributed by atoms with Crippen molar-refractivity contribution in [1.82, 2.24) is 15.1 Å². The Balaban J connectivity index is 1.39. The highest BCUT2D eigenvalue weighted by Crippen LogP contribution is 2.43. The summed E-state index contributed by atoms with van der Waals surface area (Å²) in [6.07, 6.45) is 11.5. The van der Waals surface area contributed by atoms with Crippen molar-refractivity contribution in [2.75, 3.05) is 7.11 Å². The van der Waals surface area contributed by atoms with Crippen LogP contribution in [-0.4, -0.2) is 34.0 Å². The number of aliphatic hydroxyl groups excluding tert-OH is 1. The molecule has 2 aliphatic rings. The number of carbonyl (C=O) groups is 1. The second-order valence-corrected chi connectivity index (χ2v) is 12.8. The molecule has 6 nitrogen and oxygen atoms in total. The van der Waals surface area contributed by atoms with Gasteiger partial charge in [-0.1, -0.05) is 63.4 Å². The lowest BCUT2D eigenvalue weighted by atomic mass is 9.72. The fourth-order valence-electron chi connectivity index (χ4n) is 7.01. The van der Waals surface area contributed by atoms with Crippen LogP contribution in [0.2, 0.25) is 0 Å². The first kappa shape index (κ1) is 29.4. The first-order valence-electron chi connectivity index (χ1n) is 15.6. The number of methoxy groups -OCH3 is 1.